The molecule has 1 N–H and O–H groups in total. The minimum absolute atomic E-state index is 0.750. The highest BCUT2D eigenvalue weighted by Gasteiger charge is 1.94. The first-order valence-electron chi connectivity index (χ1n) is 3.78. The summed E-state index contributed by atoms with van der Waals surface area (Å²) in [6.45, 7) is 2.81. The molecule has 1 rings (SSSR count). The first-order valence-corrected chi connectivity index (χ1v) is 3.78. The zero-order valence-electron chi connectivity index (χ0n) is 5.86. The Morgan fingerprint density at radius 2 is 1.89 bits per heavy atom. The van der Waals surface area contributed by atoms with Gasteiger partial charge >= 0.3 is 0 Å². The highest BCUT2D eigenvalue weighted by atomic mass is 16.5. The molecule has 0 amide bonds. The Morgan fingerprint density at radius 1 is 1.00 bits per heavy atom. The molecular formula is C7H15NO. The van der Waals surface area contributed by atoms with Crippen molar-refractivity contribution in [3.63, 3.8) is 0 Å². The Balaban J connectivity index is 2.02. The summed E-state index contributed by atoms with van der Waals surface area (Å²) in [6.07, 6.45) is 5.24. The van der Waals surface area contributed by atoms with E-state index in [0.29, 0.717) is 0 Å². The summed E-state index contributed by atoms with van der Waals surface area (Å²) >= 11 is 0. The minimum Gasteiger partial charge on any atom is -0.366 e. The number of hydrogen-bond acceptors (Lipinski definition) is 2. The van der Waals surface area contributed by atoms with E-state index < -0.39 is 0 Å². The van der Waals surface area contributed by atoms with Gasteiger partial charge in [0.05, 0.1) is 6.73 Å². The van der Waals surface area contributed by atoms with Gasteiger partial charge in [0, 0.05) is 6.61 Å². The second kappa shape index (κ2) is 4.77. The molecule has 0 unspecified atom stereocenters. The van der Waals surface area contributed by atoms with Crippen molar-refractivity contribution in [2.45, 2.75) is 25.7 Å². The second-order valence-electron chi connectivity index (χ2n) is 2.47. The van der Waals surface area contributed by atoms with Gasteiger partial charge in [0.25, 0.3) is 0 Å². The van der Waals surface area contributed by atoms with Gasteiger partial charge < -0.3 is 4.74 Å². The fraction of sp³-hybridized carbons (Fsp3) is 1.00. The molecule has 1 fully saturated rings. The molecule has 0 aromatic rings. The van der Waals surface area contributed by atoms with Crippen molar-refractivity contribution in [3.8, 4) is 0 Å². The molecule has 2 heteroatoms. The Hall–Kier alpha value is -0.0800. The van der Waals surface area contributed by atoms with Crippen LogP contribution in [0.15, 0.2) is 0 Å². The molecule has 0 spiro atoms. The summed E-state index contributed by atoms with van der Waals surface area (Å²) in [5.41, 5.74) is 0. The van der Waals surface area contributed by atoms with Crippen LogP contribution in [-0.2, 0) is 4.74 Å². The molecule has 0 bridgehead atoms. The second-order valence-corrected chi connectivity index (χ2v) is 2.47. The Bertz CT molecular complexity index is 37.4. The molecule has 2 nitrogen and oxygen atoms in total. The fourth-order valence-electron chi connectivity index (χ4n) is 1.02. The van der Waals surface area contributed by atoms with Gasteiger partial charge in [-0.2, -0.15) is 0 Å². The van der Waals surface area contributed by atoms with Gasteiger partial charge in [0.1, 0.15) is 0 Å². The minimum atomic E-state index is 0.750. The smallest absolute Gasteiger partial charge is 0.0965 e. The van der Waals surface area contributed by atoms with Crippen molar-refractivity contribution < 1.29 is 4.74 Å². The molecule has 0 radical (unpaired) electrons. The van der Waals surface area contributed by atoms with Gasteiger partial charge in [0.15, 0.2) is 0 Å². The average Bonchev–Trinajstić information content (AvgIpc) is 2.00. The van der Waals surface area contributed by atoms with Gasteiger partial charge in [-0.15, -0.1) is 0 Å². The predicted molar refractivity (Wildman–Crippen MR) is 37.3 cm³/mol. The van der Waals surface area contributed by atoms with E-state index in [-0.39, 0.29) is 0 Å². The highest BCUT2D eigenvalue weighted by molar-refractivity contribution is 4.48. The van der Waals surface area contributed by atoms with Crippen LogP contribution in [0.2, 0.25) is 0 Å². The lowest BCUT2D eigenvalue weighted by Gasteiger charge is -2.00. The lowest BCUT2D eigenvalue weighted by molar-refractivity contribution is 0.118. The van der Waals surface area contributed by atoms with E-state index in [1.54, 1.807) is 0 Å². The SMILES string of the molecule is C1CCCOCNCC1. The molecule has 1 heterocycles. The van der Waals surface area contributed by atoms with E-state index in [1.165, 1.54) is 25.7 Å². The Labute approximate surface area is 56.6 Å². The van der Waals surface area contributed by atoms with Gasteiger partial charge in [-0.1, -0.05) is 12.8 Å². The maximum Gasteiger partial charge on any atom is 0.0965 e. The average molecular weight is 129 g/mol. The fourth-order valence-corrected chi connectivity index (χ4v) is 1.02. The van der Waals surface area contributed by atoms with Gasteiger partial charge in [-0.05, 0) is 19.4 Å². The summed E-state index contributed by atoms with van der Waals surface area (Å²) in [7, 11) is 0. The van der Waals surface area contributed by atoms with Crippen molar-refractivity contribution in [2.24, 2.45) is 0 Å². The maximum atomic E-state index is 5.24. The molecule has 1 saturated heterocycles. The zero-order valence-corrected chi connectivity index (χ0v) is 5.86. The predicted octanol–water partition coefficient (Wildman–Crippen LogP) is 1.12. The monoisotopic (exact) mass is 129 g/mol. The van der Waals surface area contributed by atoms with Crippen LogP contribution in [0.3, 0.4) is 0 Å². The maximum absolute atomic E-state index is 5.24. The molecule has 0 aliphatic carbocycles. The largest absolute Gasteiger partial charge is 0.366 e. The summed E-state index contributed by atoms with van der Waals surface area (Å²) in [5.74, 6) is 0. The third-order valence-electron chi connectivity index (χ3n) is 1.60. The third-order valence-corrected chi connectivity index (χ3v) is 1.60. The summed E-state index contributed by atoms with van der Waals surface area (Å²) in [6, 6.07) is 0. The number of nitrogens with one attached hydrogen (secondary N) is 1. The number of ether oxygens (including phenoxy) is 1. The van der Waals surface area contributed by atoms with Crippen LogP contribution in [0.5, 0.6) is 0 Å². The molecule has 54 valence electrons. The molecule has 0 saturated carbocycles. The molecule has 0 atom stereocenters. The van der Waals surface area contributed by atoms with E-state index in [4.69, 9.17) is 4.74 Å². The van der Waals surface area contributed by atoms with Crippen molar-refractivity contribution in [1.29, 1.82) is 0 Å². The lowest BCUT2D eigenvalue weighted by atomic mass is 10.2. The van der Waals surface area contributed by atoms with Crippen molar-refractivity contribution >= 4 is 0 Å². The van der Waals surface area contributed by atoms with Crippen LogP contribution in [0, 0.1) is 0 Å². The van der Waals surface area contributed by atoms with Crippen LogP contribution < -0.4 is 5.32 Å². The zero-order chi connectivity index (χ0) is 6.36. The number of hydrogen-bond donors (Lipinski definition) is 1. The summed E-state index contributed by atoms with van der Waals surface area (Å²) < 4.78 is 5.24. The highest BCUT2D eigenvalue weighted by Crippen LogP contribution is 2.00. The molecule has 0 aromatic heterocycles. The van der Waals surface area contributed by atoms with Crippen molar-refractivity contribution in [3.05, 3.63) is 0 Å². The first kappa shape index (κ1) is 7.03. The molecule has 9 heavy (non-hydrogen) atoms. The van der Waals surface area contributed by atoms with Gasteiger partial charge in [-0.25, -0.2) is 0 Å². The normalized spacial score (nSPS) is 24.0. The Morgan fingerprint density at radius 3 is 2.89 bits per heavy atom. The van der Waals surface area contributed by atoms with E-state index in [1.807, 2.05) is 0 Å². The van der Waals surface area contributed by atoms with E-state index in [2.05, 4.69) is 5.32 Å². The molecule has 1 aliphatic rings. The van der Waals surface area contributed by atoms with Crippen molar-refractivity contribution in [1.82, 2.24) is 5.32 Å². The third kappa shape index (κ3) is 3.49. The van der Waals surface area contributed by atoms with Gasteiger partial charge in [-0.3, -0.25) is 5.32 Å². The topological polar surface area (TPSA) is 21.3 Å². The van der Waals surface area contributed by atoms with Crippen LogP contribution in [-0.4, -0.2) is 19.9 Å². The van der Waals surface area contributed by atoms with Crippen LogP contribution in [0.25, 0.3) is 0 Å². The van der Waals surface area contributed by atoms with Gasteiger partial charge in [0.2, 0.25) is 0 Å². The molecule has 0 aromatic carbocycles. The van der Waals surface area contributed by atoms with E-state index in [0.717, 1.165) is 19.9 Å². The Kier molecular flexibility index (Phi) is 3.72. The molecular weight excluding hydrogens is 114 g/mol. The standard InChI is InChI=1S/C7H15NO/c1-2-4-6-9-7-8-5-3-1/h8H,1-7H2. The molecule has 1 aliphatic heterocycles. The van der Waals surface area contributed by atoms with Crippen LogP contribution in [0.4, 0.5) is 0 Å². The lowest BCUT2D eigenvalue weighted by Crippen LogP contribution is -2.18. The van der Waals surface area contributed by atoms with E-state index in [9.17, 15) is 0 Å². The van der Waals surface area contributed by atoms with E-state index >= 15 is 0 Å². The van der Waals surface area contributed by atoms with Crippen LogP contribution in [0.1, 0.15) is 25.7 Å². The van der Waals surface area contributed by atoms with Crippen LogP contribution >= 0.6 is 0 Å². The first-order chi connectivity index (χ1) is 4.50. The summed E-state index contributed by atoms with van der Waals surface area (Å²) in [5, 5.41) is 3.20. The van der Waals surface area contributed by atoms with Crippen molar-refractivity contribution in [2.75, 3.05) is 19.9 Å². The quantitative estimate of drug-likeness (QED) is 0.529. The number of rotatable bonds is 0. The summed E-state index contributed by atoms with van der Waals surface area (Å²) in [4.78, 5) is 0.